The maximum Gasteiger partial charge on any atom is 0.319 e. The van der Waals surface area contributed by atoms with Crippen LogP contribution in [0.2, 0.25) is 0 Å². The minimum atomic E-state index is -0.351. The molecule has 25 heavy (non-hydrogen) atoms. The number of hydrogen-bond donors (Lipinski definition) is 2. The highest BCUT2D eigenvalue weighted by Crippen LogP contribution is 2.21. The second kappa shape index (κ2) is 8.13. The highest BCUT2D eigenvalue weighted by Gasteiger charge is 2.17. The molecule has 1 aliphatic heterocycles. The van der Waals surface area contributed by atoms with Crippen LogP contribution in [0.3, 0.4) is 0 Å². The second-order valence-corrected chi connectivity index (χ2v) is 6.08. The molecule has 0 radical (unpaired) electrons. The Labute approximate surface area is 146 Å². The van der Waals surface area contributed by atoms with Gasteiger partial charge < -0.3 is 19.9 Å². The zero-order valence-corrected chi connectivity index (χ0v) is 14.2. The molecule has 134 valence electrons. The number of morpholine rings is 1. The number of urea groups is 1. The van der Waals surface area contributed by atoms with Crippen molar-refractivity contribution in [2.75, 3.05) is 38.2 Å². The summed E-state index contributed by atoms with van der Waals surface area (Å²) in [4.78, 5) is 14.5. The third kappa shape index (κ3) is 4.58. The quantitative estimate of drug-likeness (QED) is 0.874. The van der Waals surface area contributed by atoms with Gasteiger partial charge in [0.1, 0.15) is 5.82 Å². The van der Waals surface area contributed by atoms with Gasteiger partial charge in [-0.1, -0.05) is 0 Å². The fraction of sp³-hybridized carbons (Fsp3) is 0.389. The van der Waals surface area contributed by atoms with E-state index in [0.29, 0.717) is 17.9 Å². The highest BCUT2D eigenvalue weighted by molar-refractivity contribution is 5.91. The summed E-state index contributed by atoms with van der Waals surface area (Å²) in [6.45, 7) is 5.82. The van der Waals surface area contributed by atoms with Gasteiger partial charge in [-0.15, -0.1) is 0 Å². The molecule has 3 rings (SSSR count). The minimum Gasteiger partial charge on any atom is -0.379 e. The van der Waals surface area contributed by atoms with Crippen LogP contribution in [0.15, 0.2) is 42.7 Å². The molecule has 2 heterocycles. The summed E-state index contributed by atoms with van der Waals surface area (Å²) < 4.78 is 20.7. The summed E-state index contributed by atoms with van der Waals surface area (Å²) >= 11 is 0. The fourth-order valence-electron chi connectivity index (χ4n) is 2.87. The van der Waals surface area contributed by atoms with Crippen LogP contribution >= 0.6 is 0 Å². The first-order valence-corrected chi connectivity index (χ1v) is 8.43. The van der Waals surface area contributed by atoms with Crippen molar-refractivity contribution in [3.05, 3.63) is 48.5 Å². The smallest absolute Gasteiger partial charge is 0.319 e. The van der Waals surface area contributed by atoms with Crippen molar-refractivity contribution in [3.8, 4) is 5.69 Å². The number of carbonyl (C=O) groups excluding carboxylic acids is 1. The minimum absolute atomic E-state index is 0.229. The summed E-state index contributed by atoms with van der Waals surface area (Å²) in [5.41, 5.74) is 1.13. The molecule has 2 amide bonds. The van der Waals surface area contributed by atoms with Crippen molar-refractivity contribution in [1.82, 2.24) is 14.8 Å². The van der Waals surface area contributed by atoms with E-state index in [1.165, 1.54) is 12.1 Å². The number of rotatable bonds is 5. The molecule has 2 N–H and O–H groups in total. The number of anilines is 1. The highest BCUT2D eigenvalue weighted by atomic mass is 19.1. The van der Waals surface area contributed by atoms with Crippen LogP contribution in [0.1, 0.15) is 6.92 Å². The summed E-state index contributed by atoms with van der Waals surface area (Å²) in [5, 5.41) is 5.68. The number of nitrogens with one attached hydrogen (secondary N) is 2. The normalized spacial score (nSPS) is 16.4. The molecule has 0 spiro atoms. The Morgan fingerprint density at radius 1 is 1.28 bits per heavy atom. The Kier molecular flexibility index (Phi) is 5.67. The number of hydrogen-bond acceptors (Lipinski definition) is 3. The molecule has 2 aromatic rings. The van der Waals surface area contributed by atoms with Crippen LogP contribution < -0.4 is 10.6 Å². The molecular formula is C18H23FN4O2. The summed E-state index contributed by atoms with van der Waals surface area (Å²) in [6.07, 6.45) is 3.61. The van der Waals surface area contributed by atoms with Crippen LogP contribution in [0.5, 0.6) is 0 Å². The Morgan fingerprint density at radius 3 is 2.72 bits per heavy atom. The largest absolute Gasteiger partial charge is 0.379 e. The van der Waals surface area contributed by atoms with Crippen molar-refractivity contribution in [3.63, 3.8) is 0 Å². The Bertz CT molecular complexity index is 699. The first-order valence-electron chi connectivity index (χ1n) is 8.43. The van der Waals surface area contributed by atoms with E-state index in [4.69, 9.17) is 4.74 Å². The Hall–Kier alpha value is -2.38. The van der Waals surface area contributed by atoms with Crippen LogP contribution in [-0.4, -0.2) is 54.4 Å². The third-order valence-corrected chi connectivity index (χ3v) is 4.32. The molecule has 1 aromatic heterocycles. The number of aromatic nitrogens is 1. The van der Waals surface area contributed by atoms with E-state index in [1.807, 2.05) is 12.1 Å². The van der Waals surface area contributed by atoms with E-state index >= 15 is 0 Å². The van der Waals surface area contributed by atoms with Crippen molar-refractivity contribution in [2.24, 2.45) is 0 Å². The maximum atomic E-state index is 13.6. The van der Waals surface area contributed by atoms with Crippen LogP contribution in [0, 0.1) is 5.82 Å². The van der Waals surface area contributed by atoms with Crippen molar-refractivity contribution in [1.29, 1.82) is 0 Å². The zero-order chi connectivity index (χ0) is 17.6. The Morgan fingerprint density at radius 2 is 2.00 bits per heavy atom. The molecular weight excluding hydrogens is 323 g/mol. The molecule has 7 heteroatoms. The van der Waals surface area contributed by atoms with E-state index < -0.39 is 0 Å². The van der Waals surface area contributed by atoms with Gasteiger partial charge in [0, 0.05) is 38.1 Å². The van der Waals surface area contributed by atoms with Gasteiger partial charge in [-0.25, -0.2) is 9.18 Å². The number of carbonyl (C=O) groups is 1. The van der Waals surface area contributed by atoms with E-state index in [1.54, 1.807) is 23.0 Å². The van der Waals surface area contributed by atoms with E-state index in [2.05, 4.69) is 22.5 Å². The molecule has 0 saturated carbocycles. The van der Waals surface area contributed by atoms with Gasteiger partial charge in [0.25, 0.3) is 0 Å². The summed E-state index contributed by atoms with van der Waals surface area (Å²) in [6, 6.07) is 7.91. The topological polar surface area (TPSA) is 58.5 Å². The first-order chi connectivity index (χ1) is 12.1. The van der Waals surface area contributed by atoms with Crippen LogP contribution in [0.4, 0.5) is 14.9 Å². The monoisotopic (exact) mass is 346 g/mol. The van der Waals surface area contributed by atoms with Crippen molar-refractivity contribution in [2.45, 2.75) is 13.0 Å². The number of benzene rings is 1. The van der Waals surface area contributed by atoms with Crippen LogP contribution in [-0.2, 0) is 4.74 Å². The lowest BCUT2D eigenvalue weighted by molar-refractivity contribution is 0.0209. The average Bonchev–Trinajstić information content (AvgIpc) is 3.16. The zero-order valence-electron chi connectivity index (χ0n) is 14.2. The van der Waals surface area contributed by atoms with Gasteiger partial charge >= 0.3 is 6.03 Å². The Balaban J connectivity index is 1.59. The molecule has 0 bridgehead atoms. The maximum absolute atomic E-state index is 13.6. The molecule has 1 fully saturated rings. The predicted octanol–water partition coefficient (Wildman–Crippen LogP) is 2.46. The number of ether oxygens (including phenoxy) is 1. The van der Waals surface area contributed by atoms with E-state index in [9.17, 15) is 9.18 Å². The molecule has 1 aliphatic rings. The van der Waals surface area contributed by atoms with Crippen molar-refractivity contribution >= 4 is 11.7 Å². The average molecular weight is 346 g/mol. The molecule has 0 unspecified atom stereocenters. The SMILES string of the molecule is C[C@H](CNC(=O)Nc1ccc(F)cc1-n1cccc1)N1CCOCC1. The van der Waals surface area contributed by atoms with Gasteiger partial charge in [-0.2, -0.15) is 0 Å². The second-order valence-electron chi connectivity index (χ2n) is 6.08. The molecule has 6 nitrogen and oxygen atoms in total. The lowest BCUT2D eigenvalue weighted by Gasteiger charge is -2.32. The number of nitrogens with zero attached hydrogens (tertiary/aromatic N) is 2. The van der Waals surface area contributed by atoms with Gasteiger partial charge in [0.2, 0.25) is 0 Å². The van der Waals surface area contributed by atoms with E-state index in [0.717, 1.165) is 26.3 Å². The number of halogens is 1. The lowest BCUT2D eigenvalue weighted by Crippen LogP contribution is -2.47. The third-order valence-electron chi connectivity index (χ3n) is 4.32. The van der Waals surface area contributed by atoms with Crippen molar-refractivity contribution < 1.29 is 13.9 Å². The van der Waals surface area contributed by atoms with Crippen LogP contribution in [0.25, 0.3) is 5.69 Å². The standard InChI is InChI=1S/C18H23FN4O2/c1-14(22-8-10-25-11-9-22)13-20-18(24)21-16-5-4-15(19)12-17(16)23-6-2-3-7-23/h2-7,12,14H,8-11,13H2,1H3,(H2,20,21,24)/t14-/m1/s1. The first kappa shape index (κ1) is 17.4. The van der Waals surface area contributed by atoms with Gasteiger partial charge in [-0.3, -0.25) is 4.90 Å². The van der Waals surface area contributed by atoms with Gasteiger partial charge in [0.05, 0.1) is 24.6 Å². The molecule has 1 atom stereocenters. The molecule has 1 saturated heterocycles. The molecule has 1 aromatic carbocycles. The van der Waals surface area contributed by atoms with Gasteiger partial charge in [0.15, 0.2) is 0 Å². The summed E-state index contributed by atoms with van der Waals surface area (Å²) in [5.74, 6) is -0.351. The molecule has 0 aliphatic carbocycles. The van der Waals surface area contributed by atoms with E-state index in [-0.39, 0.29) is 17.9 Å². The summed E-state index contributed by atoms with van der Waals surface area (Å²) in [7, 11) is 0. The lowest BCUT2D eigenvalue weighted by atomic mass is 10.2. The number of amides is 2. The van der Waals surface area contributed by atoms with Gasteiger partial charge in [-0.05, 0) is 37.3 Å². The predicted molar refractivity (Wildman–Crippen MR) is 94.6 cm³/mol. The fourth-order valence-corrected chi connectivity index (χ4v) is 2.87.